The minimum Gasteiger partial charge on any atom is -0.344 e. The van der Waals surface area contributed by atoms with Crippen LogP contribution in [-0.4, -0.2) is 34.7 Å². The summed E-state index contributed by atoms with van der Waals surface area (Å²) >= 11 is 0. The molecular formula is C16H18N4O. The van der Waals surface area contributed by atoms with Gasteiger partial charge in [0.05, 0.1) is 11.7 Å². The van der Waals surface area contributed by atoms with Gasteiger partial charge >= 0.3 is 0 Å². The molecule has 21 heavy (non-hydrogen) atoms. The van der Waals surface area contributed by atoms with Gasteiger partial charge < -0.3 is 10.6 Å². The lowest BCUT2D eigenvalue weighted by molar-refractivity contribution is 0.0889. The maximum absolute atomic E-state index is 12.7. The Morgan fingerprint density at radius 2 is 2.29 bits per heavy atom. The fourth-order valence-electron chi connectivity index (χ4n) is 3.83. The molecule has 2 atom stereocenters. The average Bonchev–Trinajstić information content (AvgIpc) is 3.06. The van der Waals surface area contributed by atoms with Crippen LogP contribution in [0.25, 0.3) is 10.8 Å². The number of hydrogen-bond donors (Lipinski definition) is 2. The molecule has 1 aliphatic carbocycles. The van der Waals surface area contributed by atoms with Gasteiger partial charge in [0, 0.05) is 23.9 Å². The maximum atomic E-state index is 12.7. The first-order valence-electron chi connectivity index (χ1n) is 7.52. The Balaban J connectivity index is 1.68. The number of carbonyl (C=O) groups excluding carboxylic acids is 1. The molecule has 2 aliphatic rings. The van der Waals surface area contributed by atoms with E-state index in [1.807, 2.05) is 24.3 Å². The molecule has 4 rings (SSSR count). The number of benzene rings is 1. The van der Waals surface area contributed by atoms with E-state index in [2.05, 4.69) is 20.8 Å². The van der Waals surface area contributed by atoms with Crippen molar-refractivity contribution in [3.8, 4) is 0 Å². The Morgan fingerprint density at radius 3 is 3.24 bits per heavy atom. The normalized spacial score (nSPS) is 27.7. The SMILES string of the molecule is O=C(N[C@]12CCC[C@H]1CNC2)c1nncc2ccccc12. The van der Waals surface area contributed by atoms with E-state index in [-0.39, 0.29) is 11.4 Å². The van der Waals surface area contributed by atoms with Crippen LogP contribution in [0.4, 0.5) is 0 Å². The second-order valence-corrected chi connectivity index (χ2v) is 6.11. The van der Waals surface area contributed by atoms with Crippen LogP contribution in [0.1, 0.15) is 29.8 Å². The summed E-state index contributed by atoms with van der Waals surface area (Å²) in [6.07, 6.45) is 5.12. The molecule has 2 aromatic rings. The van der Waals surface area contributed by atoms with E-state index in [0.29, 0.717) is 11.6 Å². The molecule has 0 bridgehead atoms. The number of aromatic nitrogens is 2. The van der Waals surface area contributed by atoms with Crippen molar-refractivity contribution in [2.45, 2.75) is 24.8 Å². The van der Waals surface area contributed by atoms with Crippen LogP contribution in [0.5, 0.6) is 0 Å². The van der Waals surface area contributed by atoms with E-state index in [0.717, 1.165) is 30.3 Å². The molecule has 5 heteroatoms. The van der Waals surface area contributed by atoms with Crippen LogP contribution >= 0.6 is 0 Å². The van der Waals surface area contributed by atoms with Crippen molar-refractivity contribution < 1.29 is 4.79 Å². The van der Waals surface area contributed by atoms with Gasteiger partial charge in [-0.3, -0.25) is 4.79 Å². The molecule has 0 spiro atoms. The fraction of sp³-hybridized carbons (Fsp3) is 0.438. The van der Waals surface area contributed by atoms with Gasteiger partial charge in [-0.05, 0) is 18.8 Å². The second kappa shape index (κ2) is 4.77. The Kier molecular flexibility index (Phi) is 2.89. The topological polar surface area (TPSA) is 66.9 Å². The molecule has 5 nitrogen and oxygen atoms in total. The molecule has 1 saturated heterocycles. The molecule has 0 radical (unpaired) electrons. The summed E-state index contributed by atoms with van der Waals surface area (Å²) in [6.45, 7) is 1.86. The summed E-state index contributed by atoms with van der Waals surface area (Å²) in [5.74, 6) is 0.444. The lowest BCUT2D eigenvalue weighted by atomic mass is 9.90. The third kappa shape index (κ3) is 2.00. The predicted octanol–water partition coefficient (Wildman–Crippen LogP) is 1.50. The first-order chi connectivity index (χ1) is 10.3. The maximum Gasteiger partial charge on any atom is 0.272 e. The van der Waals surface area contributed by atoms with Crippen molar-refractivity contribution in [2.75, 3.05) is 13.1 Å². The van der Waals surface area contributed by atoms with Crippen LogP contribution < -0.4 is 10.6 Å². The lowest BCUT2D eigenvalue weighted by Crippen LogP contribution is -2.52. The molecule has 1 aromatic carbocycles. The molecule has 2 fully saturated rings. The quantitative estimate of drug-likeness (QED) is 0.876. The molecular weight excluding hydrogens is 264 g/mol. The van der Waals surface area contributed by atoms with Crippen molar-refractivity contribution in [2.24, 2.45) is 5.92 Å². The summed E-state index contributed by atoms with van der Waals surface area (Å²) in [6, 6.07) is 7.75. The van der Waals surface area contributed by atoms with Gasteiger partial charge in [-0.2, -0.15) is 5.10 Å². The molecule has 1 amide bonds. The van der Waals surface area contributed by atoms with Crippen LogP contribution in [0, 0.1) is 5.92 Å². The van der Waals surface area contributed by atoms with E-state index in [1.54, 1.807) is 6.20 Å². The van der Waals surface area contributed by atoms with Gasteiger partial charge in [-0.25, -0.2) is 0 Å². The zero-order valence-electron chi connectivity index (χ0n) is 11.8. The van der Waals surface area contributed by atoms with Crippen molar-refractivity contribution in [3.63, 3.8) is 0 Å². The van der Waals surface area contributed by atoms with E-state index < -0.39 is 0 Å². The number of carbonyl (C=O) groups is 1. The van der Waals surface area contributed by atoms with Crippen LogP contribution in [0.15, 0.2) is 30.5 Å². The fourth-order valence-corrected chi connectivity index (χ4v) is 3.83. The number of nitrogens with one attached hydrogen (secondary N) is 2. The number of fused-ring (bicyclic) bond motifs is 2. The Bertz CT molecular complexity index is 684. The third-order valence-corrected chi connectivity index (χ3v) is 4.94. The van der Waals surface area contributed by atoms with Crippen molar-refractivity contribution in [1.82, 2.24) is 20.8 Å². The van der Waals surface area contributed by atoms with E-state index >= 15 is 0 Å². The summed E-state index contributed by atoms with van der Waals surface area (Å²) in [5, 5.41) is 16.5. The zero-order valence-corrected chi connectivity index (χ0v) is 11.8. The highest BCUT2D eigenvalue weighted by molar-refractivity contribution is 6.05. The first kappa shape index (κ1) is 12.7. The monoisotopic (exact) mass is 282 g/mol. The Labute approximate surface area is 123 Å². The van der Waals surface area contributed by atoms with Gasteiger partial charge in [0.15, 0.2) is 5.69 Å². The molecule has 108 valence electrons. The largest absolute Gasteiger partial charge is 0.344 e. The van der Waals surface area contributed by atoms with Gasteiger partial charge in [0.2, 0.25) is 0 Å². The van der Waals surface area contributed by atoms with E-state index in [9.17, 15) is 4.79 Å². The van der Waals surface area contributed by atoms with Gasteiger partial charge in [0.25, 0.3) is 5.91 Å². The average molecular weight is 282 g/mol. The van der Waals surface area contributed by atoms with Crippen LogP contribution in [0.3, 0.4) is 0 Å². The molecule has 1 aromatic heterocycles. The van der Waals surface area contributed by atoms with E-state index in [1.165, 1.54) is 12.8 Å². The van der Waals surface area contributed by atoms with Gasteiger partial charge in [0.1, 0.15) is 0 Å². The Morgan fingerprint density at radius 1 is 1.38 bits per heavy atom. The first-order valence-corrected chi connectivity index (χ1v) is 7.52. The number of rotatable bonds is 2. The standard InChI is InChI=1S/C16H18N4O/c21-15(19-16-7-3-5-12(16)9-17-10-16)14-13-6-2-1-4-11(13)8-18-20-14/h1-2,4,6,8,12,17H,3,5,7,9-10H2,(H,19,21)/t12-,16-/m0/s1. The van der Waals surface area contributed by atoms with Gasteiger partial charge in [-0.1, -0.05) is 30.7 Å². The van der Waals surface area contributed by atoms with Crippen molar-refractivity contribution in [3.05, 3.63) is 36.2 Å². The number of amides is 1. The predicted molar refractivity (Wildman–Crippen MR) is 79.9 cm³/mol. The van der Waals surface area contributed by atoms with Crippen LogP contribution in [0.2, 0.25) is 0 Å². The zero-order chi connectivity index (χ0) is 14.3. The Hall–Kier alpha value is -2.01. The summed E-state index contributed by atoms with van der Waals surface area (Å²) in [5.41, 5.74) is 0.343. The molecule has 1 aliphatic heterocycles. The highest BCUT2D eigenvalue weighted by Crippen LogP contribution is 2.38. The molecule has 0 unspecified atom stereocenters. The number of hydrogen-bond acceptors (Lipinski definition) is 4. The molecule has 1 saturated carbocycles. The smallest absolute Gasteiger partial charge is 0.272 e. The minimum atomic E-state index is -0.102. The minimum absolute atomic E-state index is 0.0876. The third-order valence-electron chi connectivity index (χ3n) is 4.94. The second-order valence-electron chi connectivity index (χ2n) is 6.11. The van der Waals surface area contributed by atoms with E-state index in [4.69, 9.17) is 0 Å². The van der Waals surface area contributed by atoms with Crippen LogP contribution in [-0.2, 0) is 0 Å². The molecule has 2 N–H and O–H groups in total. The van der Waals surface area contributed by atoms with Gasteiger partial charge in [-0.15, -0.1) is 5.10 Å². The molecule has 2 heterocycles. The van der Waals surface area contributed by atoms with Crippen molar-refractivity contribution in [1.29, 1.82) is 0 Å². The lowest BCUT2D eigenvalue weighted by Gasteiger charge is -2.29. The highest BCUT2D eigenvalue weighted by Gasteiger charge is 2.47. The summed E-state index contributed by atoms with van der Waals surface area (Å²) in [7, 11) is 0. The van der Waals surface area contributed by atoms with Crippen molar-refractivity contribution >= 4 is 16.7 Å². The number of nitrogens with zero attached hydrogens (tertiary/aromatic N) is 2. The highest BCUT2D eigenvalue weighted by atomic mass is 16.2. The summed E-state index contributed by atoms with van der Waals surface area (Å²) in [4.78, 5) is 12.7. The summed E-state index contributed by atoms with van der Waals surface area (Å²) < 4.78 is 0.